The summed E-state index contributed by atoms with van der Waals surface area (Å²) in [6.07, 6.45) is -3.26. The molecule has 1 aliphatic heterocycles. The number of carbonyl (C=O) groups excluding carboxylic acids is 1. The molecule has 1 aliphatic rings. The summed E-state index contributed by atoms with van der Waals surface area (Å²) >= 11 is 0. The minimum atomic E-state index is -5.08. The van der Waals surface area contributed by atoms with E-state index in [1.807, 2.05) is 0 Å². The highest BCUT2D eigenvalue weighted by Gasteiger charge is 2.38. The average molecular weight is 271 g/mol. The number of hydrogen-bond acceptors (Lipinski definition) is 4. The van der Waals surface area contributed by atoms with Gasteiger partial charge in [0.2, 0.25) is 0 Å². The van der Waals surface area contributed by atoms with Crippen LogP contribution in [0.4, 0.5) is 13.2 Å². The molecule has 0 radical (unpaired) electrons. The first kappa shape index (κ1) is 16.7. The zero-order valence-corrected chi connectivity index (χ0v) is 10.1. The summed E-state index contributed by atoms with van der Waals surface area (Å²) in [5.74, 6) is -2.69. The van der Waals surface area contributed by atoms with Gasteiger partial charge in [-0.3, -0.25) is 4.79 Å². The topological polar surface area (TPSA) is 75.6 Å². The van der Waals surface area contributed by atoms with E-state index >= 15 is 0 Å². The number of piperidine rings is 1. The Morgan fingerprint density at radius 2 is 1.89 bits per heavy atom. The van der Waals surface area contributed by atoms with Crippen molar-refractivity contribution in [2.75, 3.05) is 13.7 Å². The van der Waals surface area contributed by atoms with Crippen molar-refractivity contribution in [3.05, 3.63) is 0 Å². The van der Waals surface area contributed by atoms with Crippen molar-refractivity contribution in [3.8, 4) is 0 Å². The van der Waals surface area contributed by atoms with Crippen molar-refractivity contribution in [2.45, 2.75) is 32.0 Å². The van der Waals surface area contributed by atoms with Crippen LogP contribution in [-0.2, 0) is 14.3 Å². The molecule has 0 aliphatic carbocycles. The zero-order valence-electron chi connectivity index (χ0n) is 10.1. The van der Waals surface area contributed by atoms with Crippen molar-refractivity contribution in [1.82, 2.24) is 5.32 Å². The smallest absolute Gasteiger partial charge is 0.475 e. The second-order valence-corrected chi connectivity index (χ2v) is 3.90. The van der Waals surface area contributed by atoms with Crippen molar-refractivity contribution in [1.29, 1.82) is 0 Å². The number of halogens is 3. The van der Waals surface area contributed by atoms with Gasteiger partial charge in [-0.1, -0.05) is 0 Å². The average Bonchev–Trinajstić information content (AvgIpc) is 2.27. The van der Waals surface area contributed by atoms with E-state index in [0.717, 1.165) is 19.4 Å². The summed E-state index contributed by atoms with van der Waals surface area (Å²) in [7, 11) is 1.45. The molecule has 2 unspecified atom stereocenters. The molecule has 18 heavy (non-hydrogen) atoms. The van der Waals surface area contributed by atoms with Crippen LogP contribution in [0.5, 0.6) is 0 Å². The minimum Gasteiger partial charge on any atom is -0.475 e. The molecule has 0 aromatic rings. The van der Waals surface area contributed by atoms with Gasteiger partial charge in [0, 0.05) is 6.04 Å². The summed E-state index contributed by atoms with van der Waals surface area (Å²) in [5.41, 5.74) is 0. The van der Waals surface area contributed by atoms with E-state index in [1.165, 1.54) is 7.11 Å². The van der Waals surface area contributed by atoms with E-state index < -0.39 is 12.1 Å². The Bertz CT molecular complexity index is 293. The van der Waals surface area contributed by atoms with Crippen LogP contribution < -0.4 is 5.32 Å². The molecule has 0 saturated carbocycles. The Kier molecular flexibility index (Phi) is 6.67. The molecule has 1 fully saturated rings. The Labute approximate surface area is 102 Å². The number of methoxy groups -OCH3 is 1. The molecule has 1 saturated heterocycles. The number of nitrogens with one attached hydrogen (secondary N) is 1. The van der Waals surface area contributed by atoms with Crippen molar-refractivity contribution in [3.63, 3.8) is 0 Å². The molecule has 0 bridgehead atoms. The summed E-state index contributed by atoms with van der Waals surface area (Å²) in [5, 5.41) is 10.4. The third-order valence-corrected chi connectivity index (χ3v) is 2.40. The van der Waals surface area contributed by atoms with Gasteiger partial charge in [0.1, 0.15) is 0 Å². The number of hydrogen-bond donors (Lipinski definition) is 2. The SMILES string of the molecule is COC(=O)C1CCNC(C)C1.O=C(O)C(F)(F)F. The van der Waals surface area contributed by atoms with Crippen LogP contribution in [0, 0.1) is 5.92 Å². The Morgan fingerprint density at radius 1 is 1.39 bits per heavy atom. The Hall–Kier alpha value is -1.31. The van der Waals surface area contributed by atoms with E-state index in [-0.39, 0.29) is 11.9 Å². The van der Waals surface area contributed by atoms with Gasteiger partial charge < -0.3 is 15.2 Å². The molecule has 2 N–H and O–H groups in total. The summed E-state index contributed by atoms with van der Waals surface area (Å²) in [6, 6.07) is 0.452. The number of esters is 1. The van der Waals surface area contributed by atoms with Crippen LogP contribution in [0.2, 0.25) is 0 Å². The van der Waals surface area contributed by atoms with Crippen molar-refractivity contribution in [2.24, 2.45) is 5.92 Å². The second-order valence-electron chi connectivity index (χ2n) is 3.90. The number of carboxylic acids is 1. The number of carboxylic acid groups (broad SMARTS) is 1. The van der Waals surface area contributed by atoms with Gasteiger partial charge in [-0.15, -0.1) is 0 Å². The number of ether oxygens (including phenoxy) is 1. The van der Waals surface area contributed by atoms with Crippen LogP contribution >= 0.6 is 0 Å². The number of carbonyl (C=O) groups is 2. The van der Waals surface area contributed by atoms with Gasteiger partial charge in [-0.05, 0) is 26.3 Å². The Balaban J connectivity index is 0.000000360. The maximum absolute atomic E-state index is 11.1. The summed E-state index contributed by atoms with van der Waals surface area (Å²) in [4.78, 5) is 20.0. The highest BCUT2D eigenvalue weighted by Crippen LogP contribution is 2.16. The molecule has 0 aromatic carbocycles. The van der Waals surface area contributed by atoms with Gasteiger partial charge in [-0.25, -0.2) is 4.79 Å². The Morgan fingerprint density at radius 3 is 2.22 bits per heavy atom. The lowest BCUT2D eigenvalue weighted by molar-refractivity contribution is -0.192. The fourth-order valence-corrected chi connectivity index (χ4v) is 1.51. The lowest BCUT2D eigenvalue weighted by atomic mass is 9.93. The largest absolute Gasteiger partial charge is 0.490 e. The predicted molar refractivity (Wildman–Crippen MR) is 55.9 cm³/mol. The van der Waals surface area contributed by atoms with Gasteiger partial charge in [0.25, 0.3) is 0 Å². The number of aliphatic carboxylic acids is 1. The standard InChI is InChI=1S/C8H15NO2.C2HF3O2/c1-6-5-7(3-4-9-6)8(10)11-2;3-2(4,5)1(6)7/h6-7,9H,3-5H2,1-2H3;(H,6,7). The monoisotopic (exact) mass is 271 g/mol. The molecule has 0 spiro atoms. The molecule has 8 heteroatoms. The minimum absolute atomic E-state index is 0.0571. The quantitative estimate of drug-likeness (QED) is 0.700. The first-order chi connectivity index (χ1) is 8.18. The van der Waals surface area contributed by atoms with Gasteiger partial charge >= 0.3 is 18.1 Å². The normalized spacial score (nSPS) is 23.6. The van der Waals surface area contributed by atoms with Gasteiger partial charge in [0.15, 0.2) is 0 Å². The molecule has 1 heterocycles. The van der Waals surface area contributed by atoms with Gasteiger partial charge in [0.05, 0.1) is 13.0 Å². The maximum Gasteiger partial charge on any atom is 0.490 e. The van der Waals surface area contributed by atoms with E-state index in [4.69, 9.17) is 9.90 Å². The van der Waals surface area contributed by atoms with Crippen molar-refractivity contribution < 1.29 is 32.6 Å². The highest BCUT2D eigenvalue weighted by atomic mass is 19.4. The summed E-state index contributed by atoms with van der Waals surface area (Å²) < 4.78 is 36.4. The number of alkyl halides is 3. The van der Waals surface area contributed by atoms with E-state index in [1.54, 1.807) is 0 Å². The van der Waals surface area contributed by atoms with Crippen LogP contribution in [-0.4, -0.2) is 42.9 Å². The van der Waals surface area contributed by atoms with Crippen LogP contribution in [0.15, 0.2) is 0 Å². The fraction of sp³-hybridized carbons (Fsp3) is 0.800. The molecule has 5 nitrogen and oxygen atoms in total. The molecule has 0 amide bonds. The molecule has 1 rings (SSSR count). The maximum atomic E-state index is 11.1. The van der Waals surface area contributed by atoms with Crippen LogP contribution in [0.25, 0.3) is 0 Å². The lowest BCUT2D eigenvalue weighted by Gasteiger charge is -2.25. The zero-order chi connectivity index (χ0) is 14.3. The molecular weight excluding hydrogens is 255 g/mol. The molecule has 106 valence electrons. The number of rotatable bonds is 1. The molecular formula is C10H16F3NO4. The van der Waals surface area contributed by atoms with E-state index in [0.29, 0.717) is 6.04 Å². The van der Waals surface area contributed by atoms with Crippen molar-refractivity contribution >= 4 is 11.9 Å². The second kappa shape index (κ2) is 7.20. The van der Waals surface area contributed by atoms with Crippen LogP contribution in [0.3, 0.4) is 0 Å². The first-order valence-corrected chi connectivity index (χ1v) is 5.29. The lowest BCUT2D eigenvalue weighted by Crippen LogP contribution is -2.38. The third kappa shape index (κ3) is 6.43. The summed E-state index contributed by atoms with van der Waals surface area (Å²) in [6.45, 7) is 3.02. The van der Waals surface area contributed by atoms with Gasteiger partial charge in [-0.2, -0.15) is 13.2 Å². The van der Waals surface area contributed by atoms with E-state index in [9.17, 15) is 18.0 Å². The fourth-order valence-electron chi connectivity index (χ4n) is 1.51. The predicted octanol–water partition coefficient (Wildman–Crippen LogP) is 1.18. The van der Waals surface area contributed by atoms with Crippen LogP contribution in [0.1, 0.15) is 19.8 Å². The van der Waals surface area contributed by atoms with E-state index in [2.05, 4.69) is 17.0 Å². The highest BCUT2D eigenvalue weighted by molar-refractivity contribution is 5.73. The molecule has 2 atom stereocenters. The third-order valence-electron chi connectivity index (χ3n) is 2.40. The first-order valence-electron chi connectivity index (χ1n) is 5.29. The molecule has 0 aromatic heterocycles.